The topological polar surface area (TPSA) is 3.24 Å². The summed E-state index contributed by atoms with van der Waals surface area (Å²) in [5.74, 6) is -1.58. The van der Waals surface area contributed by atoms with Gasteiger partial charge in [0.05, 0.1) is 5.69 Å². The fourth-order valence-electron chi connectivity index (χ4n) is 1.89. The van der Waals surface area contributed by atoms with E-state index in [1.165, 1.54) is 18.6 Å². The third-order valence-electron chi connectivity index (χ3n) is 2.69. The van der Waals surface area contributed by atoms with E-state index in [4.69, 9.17) is 0 Å². The molecule has 1 heterocycles. The van der Waals surface area contributed by atoms with Crippen molar-refractivity contribution in [2.24, 2.45) is 0 Å². The van der Waals surface area contributed by atoms with E-state index in [0.717, 1.165) is 31.6 Å². The summed E-state index contributed by atoms with van der Waals surface area (Å²) < 4.78 is 26.6. The van der Waals surface area contributed by atoms with E-state index in [9.17, 15) is 8.78 Å². The van der Waals surface area contributed by atoms with Crippen LogP contribution in [0.15, 0.2) is 16.6 Å². The molecule has 0 amide bonds. The number of nitrogens with zero attached hydrogens (tertiary/aromatic N) is 1. The third-order valence-corrected chi connectivity index (χ3v) is 3.32. The molecule has 0 N–H and O–H groups in total. The number of halogens is 3. The molecule has 0 aromatic heterocycles. The van der Waals surface area contributed by atoms with Crippen LogP contribution in [0.5, 0.6) is 0 Å². The second-order valence-corrected chi connectivity index (χ2v) is 4.62. The SMILES string of the molecule is Fc1cc(Br)c(N2CCCCC2)cc1F. The van der Waals surface area contributed by atoms with Gasteiger partial charge in [0, 0.05) is 23.6 Å². The van der Waals surface area contributed by atoms with Crippen LogP contribution in [0.25, 0.3) is 0 Å². The van der Waals surface area contributed by atoms with Crippen LogP contribution < -0.4 is 4.90 Å². The summed E-state index contributed by atoms with van der Waals surface area (Å²) in [4.78, 5) is 2.09. The summed E-state index contributed by atoms with van der Waals surface area (Å²) in [5, 5.41) is 0. The maximum atomic E-state index is 13.1. The molecule has 1 fully saturated rings. The lowest BCUT2D eigenvalue weighted by molar-refractivity contribution is 0.505. The van der Waals surface area contributed by atoms with Crippen LogP contribution in [-0.2, 0) is 0 Å². The Hall–Kier alpha value is -0.640. The predicted molar refractivity (Wildman–Crippen MR) is 60.1 cm³/mol. The van der Waals surface area contributed by atoms with Gasteiger partial charge in [0.25, 0.3) is 0 Å². The van der Waals surface area contributed by atoms with E-state index in [0.29, 0.717) is 4.47 Å². The highest BCUT2D eigenvalue weighted by Gasteiger charge is 2.16. The molecular weight excluding hydrogens is 264 g/mol. The van der Waals surface area contributed by atoms with Gasteiger partial charge in [-0.05, 0) is 41.3 Å². The Balaban J connectivity index is 2.30. The van der Waals surface area contributed by atoms with E-state index < -0.39 is 11.6 Å². The lowest BCUT2D eigenvalue weighted by Crippen LogP contribution is -2.29. The Bertz CT molecular complexity index is 362. The van der Waals surface area contributed by atoms with E-state index in [2.05, 4.69) is 20.8 Å². The highest BCUT2D eigenvalue weighted by molar-refractivity contribution is 9.10. The van der Waals surface area contributed by atoms with E-state index in [1.807, 2.05) is 0 Å². The maximum Gasteiger partial charge on any atom is 0.160 e. The van der Waals surface area contributed by atoms with Crippen molar-refractivity contribution in [3.63, 3.8) is 0 Å². The van der Waals surface area contributed by atoms with Gasteiger partial charge in [-0.1, -0.05) is 0 Å². The fraction of sp³-hybridized carbons (Fsp3) is 0.455. The lowest BCUT2D eigenvalue weighted by Gasteiger charge is -2.29. The van der Waals surface area contributed by atoms with Gasteiger partial charge in [-0.2, -0.15) is 0 Å². The zero-order chi connectivity index (χ0) is 10.8. The van der Waals surface area contributed by atoms with Gasteiger partial charge < -0.3 is 4.90 Å². The highest BCUT2D eigenvalue weighted by atomic mass is 79.9. The van der Waals surface area contributed by atoms with Gasteiger partial charge >= 0.3 is 0 Å². The van der Waals surface area contributed by atoms with Crippen molar-refractivity contribution in [2.45, 2.75) is 19.3 Å². The summed E-state index contributed by atoms with van der Waals surface area (Å²) in [6, 6.07) is 2.46. The summed E-state index contributed by atoms with van der Waals surface area (Å²) in [7, 11) is 0. The minimum Gasteiger partial charge on any atom is -0.371 e. The molecule has 15 heavy (non-hydrogen) atoms. The predicted octanol–water partition coefficient (Wildman–Crippen LogP) is 3.72. The maximum absolute atomic E-state index is 13.1. The van der Waals surface area contributed by atoms with Crippen LogP contribution >= 0.6 is 15.9 Å². The summed E-state index contributed by atoms with van der Waals surface area (Å²) in [6.07, 6.45) is 3.45. The van der Waals surface area contributed by atoms with Crippen LogP contribution in [0.3, 0.4) is 0 Å². The van der Waals surface area contributed by atoms with Crippen molar-refractivity contribution in [1.29, 1.82) is 0 Å². The summed E-state index contributed by atoms with van der Waals surface area (Å²) >= 11 is 3.27. The molecule has 1 aliphatic rings. The molecule has 1 aromatic carbocycles. The first-order valence-corrected chi connectivity index (χ1v) is 5.87. The van der Waals surface area contributed by atoms with Crippen molar-refractivity contribution in [3.8, 4) is 0 Å². The fourth-order valence-corrected chi connectivity index (χ4v) is 2.46. The van der Waals surface area contributed by atoms with Gasteiger partial charge in [0.2, 0.25) is 0 Å². The van der Waals surface area contributed by atoms with Crippen molar-refractivity contribution in [2.75, 3.05) is 18.0 Å². The Kier molecular flexibility index (Phi) is 3.24. The highest BCUT2D eigenvalue weighted by Crippen LogP contribution is 2.30. The molecule has 0 saturated carbocycles. The van der Waals surface area contributed by atoms with Crippen molar-refractivity contribution in [3.05, 3.63) is 28.2 Å². The van der Waals surface area contributed by atoms with Crippen LogP contribution in [0.4, 0.5) is 14.5 Å². The van der Waals surface area contributed by atoms with Crippen LogP contribution in [0.2, 0.25) is 0 Å². The van der Waals surface area contributed by atoms with Gasteiger partial charge in [-0.25, -0.2) is 8.78 Å². The molecule has 4 heteroatoms. The third kappa shape index (κ3) is 2.30. The molecule has 1 aliphatic heterocycles. The molecule has 0 spiro atoms. The van der Waals surface area contributed by atoms with E-state index >= 15 is 0 Å². The molecule has 82 valence electrons. The number of piperidine rings is 1. The van der Waals surface area contributed by atoms with Crippen molar-refractivity contribution >= 4 is 21.6 Å². The van der Waals surface area contributed by atoms with Gasteiger partial charge in [0.1, 0.15) is 0 Å². The number of benzene rings is 1. The zero-order valence-electron chi connectivity index (χ0n) is 8.27. The average Bonchev–Trinajstić information content (AvgIpc) is 2.25. The monoisotopic (exact) mass is 275 g/mol. The normalized spacial score (nSPS) is 16.9. The lowest BCUT2D eigenvalue weighted by atomic mass is 10.1. The first-order chi connectivity index (χ1) is 7.18. The molecule has 1 saturated heterocycles. The molecular formula is C11H12BrF2N. The quantitative estimate of drug-likeness (QED) is 0.707. The summed E-state index contributed by atoms with van der Waals surface area (Å²) in [6.45, 7) is 1.84. The number of hydrogen-bond donors (Lipinski definition) is 0. The van der Waals surface area contributed by atoms with Gasteiger partial charge in [-0.3, -0.25) is 0 Å². The Labute approximate surface area is 96.2 Å². The molecule has 0 unspecified atom stereocenters. The van der Waals surface area contributed by atoms with Crippen LogP contribution in [-0.4, -0.2) is 13.1 Å². The second kappa shape index (κ2) is 4.47. The van der Waals surface area contributed by atoms with E-state index in [-0.39, 0.29) is 0 Å². The number of rotatable bonds is 1. The first kappa shape index (κ1) is 10.9. The molecule has 1 nitrogen and oxygen atoms in total. The minimum atomic E-state index is -0.803. The molecule has 1 aromatic rings. The van der Waals surface area contributed by atoms with Gasteiger partial charge in [0.15, 0.2) is 11.6 Å². The summed E-state index contributed by atoms with van der Waals surface area (Å²) in [5.41, 5.74) is 0.758. The molecule has 0 atom stereocenters. The molecule has 0 bridgehead atoms. The zero-order valence-corrected chi connectivity index (χ0v) is 9.86. The van der Waals surface area contributed by atoms with Crippen LogP contribution in [0, 0.1) is 11.6 Å². The van der Waals surface area contributed by atoms with Crippen molar-refractivity contribution < 1.29 is 8.78 Å². The number of hydrogen-bond acceptors (Lipinski definition) is 1. The van der Waals surface area contributed by atoms with Crippen LogP contribution in [0.1, 0.15) is 19.3 Å². The average molecular weight is 276 g/mol. The smallest absolute Gasteiger partial charge is 0.160 e. The largest absolute Gasteiger partial charge is 0.371 e. The molecule has 0 aliphatic carbocycles. The molecule has 0 radical (unpaired) electrons. The Morgan fingerprint density at radius 2 is 1.60 bits per heavy atom. The second-order valence-electron chi connectivity index (χ2n) is 3.77. The Morgan fingerprint density at radius 3 is 2.27 bits per heavy atom. The first-order valence-electron chi connectivity index (χ1n) is 5.08. The minimum absolute atomic E-state index is 0.628. The Morgan fingerprint density at radius 1 is 1.00 bits per heavy atom. The standard InChI is InChI=1S/C11H12BrF2N/c12-8-6-9(13)10(14)7-11(8)15-4-2-1-3-5-15/h6-7H,1-5H2. The van der Waals surface area contributed by atoms with Crippen molar-refractivity contribution in [1.82, 2.24) is 0 Å². The molecule has 2 rings (SSSR count). The van der Waals surface area contributed by atoms with Gasteiger partial charge in [-0.15, -0.1) is 0 Å². The number of anilines is 1. The van der Waals surface area contributed by atoms with E-state index in [1.54, 1.807) is 0 Å².